The number of anilines is 4. The lowest BCUT2D eigenvalue weighted by atomic mass is 10.1. The van der Waals surface area contributed by atoms with E-state index in [-0.39, 0.29) is 17.3 Å². The van der Waals surface area contributed by atoms with Gasteiger partial charge in [0, 0.05) is 23.0 Å². The molecule has 8 nitrogen and oxygen atoms in total. The molecule has 0 radical (unpaired) electrons. The van der Waals surface area contributed by atoms with Gasteiger partial charge in [-0.3, -0.25) is 15.1 Å². The zero-order valence-corrected chi connectivity index (χ0v) is 15.9. The van der Waals surface area contributed by atoms with E-state index in [0.717, 1.165) is 27.7 Å². The molecular weight excluding hydrogens is 368 g/mol. The number of nitrogens with zero attached hydrogens (tertiary/aromatic N) is 4. The summed E-state index contributed by atoms with van der Waals surface area (Å²) in [6.07, 6.45) is 2.99. The molecule has 0 saturated carbocycles. The van der Waals surface area contributed by atoms with Gasteiger partial charge in [0.25, 0.3) is 0 Å². The van der Waals surface area contributed by atoms with Crippen LogP contribution < -0.4 is 10.6 Å². The van der Waals surface area contributed by atoms with E-state index in [9.17, 15) is 10.1 Å². The zero-order chi connectivity index (χ0) is 20.4. The highest BCUT2D eigenvalue weighted by molar-refractivity contribution is 5.93. The minimum atomic E-state index is -0.491. The van der Waals surface area contributed by atoms with Crippen LogP contribution in [0.25, 0.3) is 10.9 Å². The first-order valence-electron chi connectivity index (χ1n) is 8.97. The Morgan fingerprint density at radius 1 is 0.897 bits per heavy atom. The Kier molecular flexibility index (Phi) is 4.74. The first kappa shape index (κ1) is 18.3. The van der Waals surface area contributed by atoms with Crippen molar-refractivity contribution in [2.24, 2.45) is 0 Å². The molecule has 2 N–H and O–H groups in total. The number of nitro groups is 1. The molecule has 4 aromatic rings. The van der Waals surface area contributed by atoms with Crippen molar-refractivity contribution in [3.05, 3.63) is 82.3 Å². The fourth-order valence-corrected chi connectivity index (χ4v) is 3.03. The quantitative estimate of drug-likeness (QED) is 0.366. The third-order valence-electron chi connectivity index (χ3n) is 4.67. The van der Waals surface area contributed by atoms with Gasteiger partial charge in [-0.2, -0.15) is 0 Å². The second kappa shape index (κ2) is 7.51. The average molecular weight is 386 g/mol. The highest BCUT2D eigenvalue weighted by atomic mass is 16.6. The molecule has 0 amide bonds. The molecule has 0 aliphatic rings. The summed E-state index contributed by atoms with van der Waals surface area (Å²) in [6.45, 7) is 3.99. The Hall–Kier alpha value is -4.07. The maximum absolute atomic E-state index is 11.8. The van der Waals surface area contributed by atoms with Crippen LogP contribution in [0.5, 0.6) is 0 Å². The van der Waals surface area contributed by atoms with Crippen LogP contribution in [0.2, 0.25) is 0 Å². The van der Waals surface area contributed by atoms with Gasteiger partial charge in [0.2, 0.25) is 11.6 Å². The Bertz CT molecular complexity index is 1220. The number of hydrogen-bond acceptors (Lipinski definition) is 7. The second-order valence-electron chi connectivity index (χ2n) is 6.60. The molecule has 0 atom stereocenters. The van der Waals surface area contributed by atoms with Crippen LogP contribution >= 0.6 is 0 Å². The summed E-state index contributed by atoms with van der Waals surface area (Å²) < 4.78 is 0. The number of aromatic nitrogens is 3. The van der Waals surface area contributed by atoms with Crippen molar-refractivity contribution in [2.45, 2.75) is 13.8 Å². The molecule has 0 bridgehead atoms. The lowest BCUT2D eigenvalue weighted by molar-refractivity contribution is -0.383. The molecule has 2 aromatic carbocycles. The number of fused-ring (bicyclic) bond motifs is 1. The van der Waals surface area contributed by atoms with E-state index in [4.69, 9.17) is 0 Å². The Balaban J connectivity index is 1.75. The average Bonchev–Trinajstić information content (AvgIpc) is 2.71. The van der Waals surface area contributed by atoms with Crippen molar-refractivity contribution in [3.8, 4) is 0 Å². The number of rotatable bonds is 5. The van der Waals surface area contributed by atoms with E-state index in [1.165, 1.54) is 6.33 Å². The molecule has 8 heteroatoms. The van der Waals surface area contributed by atoms with Gasteiger partial charge in [-0.15, -0.1) is 0 Å². The number of aryl methyl sites for hydroxylation is 2. The monoisotopic (exact) mass is 386 g/mol. The van der Waals surface area contributed by atoms with E-state index < -0.39 is 4.92 Å². The van der Waals surface area contributed by atoms with Crippen LogP contribution in [0.3, 0.4) is 0 Å². The highest BCUT2D eigenvalue weighted by Gasteiger charge is 2.24. The van der Waals surface area contributed by atoms with Gasteiger partial charge in [0.05, 0.1) is 10.4 Å². The summed E-state index contributed by atoms with van der Waals surface area (Å²) in [5.74, 6) is 0.224. The van der Waals surface area contributed by atoms with Gasteiger partial charge in [0.1, 0.15) is 6.33 Å². The van der Waals surface area contributed by atoms with E-state index in [1.54, 1.807) is 6.20 Å². The molecule has 29 heavy (non-hydrogen) atoms. The predicted octanol–water partition coefficient (Wildman–Crippen LogP) is 5.04. The molecule has 2 heterocycles. The minimum absolute atomic E-state index is 0.104. The van der Waals surface area contributed by atoms with Crippen molar-refractivity contribution in [1.29, 1.82) is 0 Å². The summed E-state index contributed by atoms with van der Waals surface area (Å²) in [5, 5.41) is 18.8. The number of hydrogen-bond donors (Lipinski definition) is 2. The van der Waals surface area contributed by atoms with Crippen LogP contribution in [0.1, 0.15) is 11.1 Å². The fraction of sp³-hybridized carbons (Fsp3) is 0.0952. The van der Waals surface area contributed by atoms with Gasteiger partial charge in [-0.25, -0.2) is 9.97 Å². The van der Waals surface area contributed by atoms with Crippen molar-refractivity contribution in [2.75, 3.05) is 10.6 Å². The number of pyridine rings is 1. The van der Waals surface area contributed by atoms with E-state index in [2.05, 4.69) is 25.6 Å². The number of nitrogens with one attached hydrogen (secondary N) is 2. The molecule has 0 fully saturated rings. The maximum Gasteiger partial charge on any atom is 0.353 e. The van der Waals surface area contributed by atoms with Crippen molar-refractivity contribution >= 4 is 39.6 Å². The van der Waals surface area contributed by atoms with Crippen LogP contribution in [-0.4, -0.2) is 19.9 Å². The first-order valence-corrected chi connectivity index (χ1v) is 8.97. The van der Waals surface area contributed by atoms with Gasteiger partial charge in [-0.05, 0) is 61.4 Å². The summed E-state index contributed by atoms with van der Waals surface area (Å²) in [4.78, 5) is 23.9. The topological polar surface area (TPSA) is 106 Å². The van der Waals surface area contributed by atoms with Gasteiger partial charge in [0.15, 0.2) is 0 Å². The fourth-order valence-electron chi connectivity index (χ4n) is 3.03. The normalized spacial score (nSPS) is 10.7. The van der Waals surface area contributed by atoms with Crippen molar-refractivity contribution in [3.63, 3.8) is 0 Å². The lowest BCUT2D eigenvalue weighted by Gasteiger charge is -2.12. The molecule has 2 aromatic heterocycles. The molecule has 0 aliphatic heterocycles. The smallest absolute Gasteiger partial charge is 0.334 e. The van der Waals surface area contributed by atoms with Crippen molar-refractivity contribution in [1.82, 2.24) is 15.0 Å². The summed E-state index contributed by atoms with van der Waals surface area (Å²) >= 11 is 0. The SMILES string of the molecule is Cc1ccc(Nc2ncnc(Nc3cccc4ncccc34)c2[N+](=O)[O-])cc1C. The Morgan fingerprint density at radius 2 is 1.69 bits per heavy atom. The highest BCUT2D eigenvalue weighted by Crippen LogP contribution is 2.34. The zero-order valence-electron chi connectivity index (χ0n) is 15.9. The van der Waals surface area contributed by atoms with Crippen LogP contribution in [-0.2, 0) is 0 Å². The van der Waals surface area contributed by atoms with Crippen LogP contribution in [0.4, 0.5) is 28.7 Å². The minimum Gasteiger partial charge on any atom is -0.334 e. The first-order chi connectivity index (χ1) is 14.0. The van der Waals surface area contributed by atoms with E-state index in [0.29, 0.717) is 5.69 Å². The Morgan fingerprint density at radius 3 is 2.45 bits per heavy atom. The van der Waals surface area contributed by atoms with Gasteiger partial charge in [-0.1, -0.05) is 12.1 Å². The van der Waals surface area contributed by atoms with Gasteiger partial charge < -0.3 is 10.6 Å². The molecule has 0 unspecified atom stereocenters. The third kappa shape index (κ3) is 3.68. The summed E-state index contributed by atoms with van der Waals surface area (Å²) in [6, 6.07) is 15.0. The lowest BCUT2D eigenvalue weighted by Crippen LogP contribution is -2.06. The number of benzene rings is 2. The van der Waals surface area contributed by atoms with E-state index in [1.807, 2.05) is 62.4 Å². The van der Waals surface area contributed by atoms with Gasteiger partial charge >= 0.3 is 5.69 Å². The second-order valence-corrected chi connectivity index (χ2v) is 6.60. The molecule has 144 valence electrons. The largest absolute Gasteiger partial charge is 0.353 e. The summed E-state index contributed by atoms with van der Waals surface area (Å²) in [5.41, 5.74) is 4.16. The summed E-state index contributed by atoms with van der Waals surface area (Å²) in [7, 11) is 0. The predicted molar refractivity (Wildman–Crippen MR) is 113 cm³/mol. The molecule has 0 spiro atoms. The Labute approximate surface area is 166 Å². The molecule has 0 saturated heterocycles. The van der Waals surface area contributed by atoms with Crippen molar-refractivity contribution < 1.29 is 4.92 Å². The standard InChI is InChI=1S/C21H18N6O2/c1-13-8-9-15(11-14(13)2)25-20-19(27(28)29)21(24-12-23-20)26-18-7-3-6-17-16(18)5-4-10-22-17/h3-12H,1-2H3,(H2,23,24,25,26). The van der Waals surface area contributed by atoms with Crippen LogP contribution in [0.15, 0.2) is 61.1 Å². The third-order valence-corrected chi connectivity index (χ3v) is 4.67. The van der Waals surface area contributed by atoms with E-state index >= 15 is 0 Å². The molecule has 4 rings (SSSR count). The maximum atomic E-state index is 11.8. The van der Waals surface area contributed by atoms with Crippen LogP contribution in [0, 0.1) is 24.0 Å². The molecular formula is C21H18N6O2. The molecule has 0 aliphatic carbocycles.